The maximum atomic E-state index is 13.1. The zero-order valence-electron chi connectivity index (χ0n) is 17.9. The maximum absolute atomic E-state index is 13.1. The van der Waals surface area contributed by atoms with Crippen molar-refractivity contribution in [2.75, 3.05) is 11.9 Å². The first-order valence-electron chi connectivity index (χ1n) is 11.0. The number of nitrogens with one attached hydrogen (secondary N) is 1. The lowest BCUT2D eigenvalue weighted by Crippen LogP contribution is -2.18. The second-order valence-electron chi connectivity index (χ2n) is 8.30. The third-order valence-electron chi connectivity index (χ3n) is 5.71. The van der Waals surface area contributed by atoms with Crippen molar-refractivity contribution in [1.82, 2.24) is 9.78 Å². The number of thiophene rings is 1. The molecule has 0 aliphatic heterocycles. The topological polar surface area (TPSA) is 73.2 Å². The molecule has 2 aromatic rings. The first-order valence-corrected chi connectivity index (χ1v) is 11.9. The van der Waals surface area contributed by atoms with E-state index in [0.717, 1.165) is 55.0 Å². The normalized spacial score (nSPS) is 16.0. The number of halogens is 3. The van der Waals surface area contributed by atoms with Crippen LogP contribution < -0.4 is 5.32 Å². The summed E-state index contributed by atoms with van der Waals surface area (Å²) in [6, 6.07) is 1.09. The Balaban J connectivity index is 1.47. The second-order valence-corrected chi connectivity index (χ2v) is 9.40. The van der Waals surface area contributed by atoms with E-state index < -0.39 is 17.8 Å². The van der Waals surface area contributed by atoms with Crippen molar-refractivity contribution in [3.8, 4) is 0 Å². The van der Waals surface area contributed by atoms with E-state index in [2.05, 4.69) is 10.4 Å². The van der Waals surface area contributed by atoms with Crippen LogP contribution in [-0.4, -0.2) is 28.3 Å². The van der Waals surface area contributed by atoms with Crippen LogP contribution >= 0.6 is 11.3 Å². The molecule has 4 rings (SSSR count). The monoisotopic (exact) mass is 469 g/mol. The van der Waals surface area contributed by atoms with Gasteiger partial charge in [0, 0.05) is 29.5 Å². The number of carbonyl (C=O) groups excluding carboxylic acids is 2. The van der Waals surface area contributed by atoms with Gasteiger partial charge in [0.1, 0.15) is 5.00 Å². The summed E-state index contributed by atoms with van der Waals surface area (Å²) < 4.78 is 45.9. The number of alkyl halides is 3. The lowest BCUT2D eigenvalue weighted by atomic mass is 9.95. The molecule has 1 N–H and O–H groups in total. The average Bonchev–Trinajstić information content (AvgIpc) is 3.38. The number of ether oxygens (including phenoxy) is 1. The van der Waals surface area contributed by atoms with Crippen LogP contribution in [-0.2, 0) is 35.1 Å². The Labute approximate surface area is 188 Å². The quantitative estimate of drug-likeness (QED) is 0.532. The van der Waals surface area contributed by atoms with Crippen molar-refractivity contribution in [2.24, 2.45) is 0 Å². The van der Waals surface area contributed by atoms with Crippen LogP contribution in [0.5, 0.6) is 0 Å². The summed E-state index contributed by atoms with van der Waals surface area (Å²) in [7, 11) is 0. The highest BCUT2D eigenvalue weighted by Crippen LogP contribution is 2.42. The molecular weight excluding hydrogens is 443 g/mol. The van der Waals surface area contributed by atoms with Crippen molar-refractivity contribution in [1.29, 1.82) is 0 Å². The van der Waals surface area contributed by atoms with Crippen LogP contribution in [0, 0.1) is 0 Å². The number of carbonyl (C=O) groups is 2. The number of aryl methyl sites for hydroxylation is 2. The van der Waals surface area contributed by atoms with Gasteiger partial charge in [0.05, 0.1) is 12.2 Å². The summed E-state index contributed by atoms with van der Waals surface area (Å²) in [5.41, 5.74) is 0.992. The summed E-state index contributed by atoms with van der Waals surface area (Å²) in [4.78, 5) is 26.4. The van der Waals surface area contributed by atoms with Gasteiger partial charge >= 0.3 is 12.1 Å². The molecule has 0 bridgehead atoms. The standard InChI is InChI=1S/C22H26F3N3O3S/c1-2-11-31-21(30)19-14-5-3-4-6-16(14)32-20(19)26-18(29)9-10-28-15(13-7-8-13)12-17(27-28)22(23,24)25/h12-13H,2-11H2,1H3,(H,26,29). The summed E-state index contributed by atoms with van der Waals surface area (Å²) >= 11 is 1.40. The number of hydrogen-bond acceptors (Lipinski definition) is 5. The van der Waals surface area contributed by atoms with Gasteiger partial charge in [-0.2, -0.15) is 18.3 Å². The molecule has 2 aliphatic rings. The lowest BCUT2D eigenvalue weighted by molar-refractivity contribution is -0.141. The van der Waals surface area contributed by atoms with Gasteiger partial charge in [-0.05, 0) is 56.6 Å². The Morgan fingerprint density at radius 3 is 2.72 bits per heavy atom. The number of anilines is 1. The predicted octanol–water partition coefficient (Wildman–Crippen LogP) is 5.32. The molecule has 0 unspecified atom stereocenters. The second kappa shape index (κ2) is 9.25. The van der Waals surface area contributed by atoms with Gasteiger partial charge in [-0.1, -0.05) is 6.92 Å². The molecule has 2 aromatic heterocycles. The minimum atomic E-state index is -4.51. The van der Waals surface area contributed by atoms with Gasteiger partial charge in [-0.3, -0.25) is 9.48 Å². The van der Waals surface area contributed by atoms with E-state index in [4.69, 9.17) is 4.74 Å². The molecule has 0 aromatic carbocycles. The number of fused-ring (bicyclic) bond motifs is 1. The molecule has 1 amide bonds. The molecule has 2 aliphatic carbocycles. The predicted molar refractivity (Wildman–Crippen MR) is 114 cm³/mol. The average molecular weight is 470 g/mol. The summed E-state index contributed by atoms with van der Waals surface area (Å²) in [6.45, 7) is 2.27. The van der Waals surface area contributed by atoms with E-state index in [-0.39, 0.29) is 24.8 Å². The fourth-order valence-electron chi connectivity index (χ4n) is 3.99. The largest absolute Gasteiger partial charge is 0.462 e. The summed E-state index contributed by atoms with van der Waals surface area (Å²) in [5.74, 6) is -0.718. The highest BCUT2D eigenvalue weighted by atomic mass is 32.1. The number of esters is 1. The molecular formula is C22H26F3N3O3S. The molecule has 1 saturated carbocycles. The van der Waals surface area contributed by atoms with Gasteiger partial charge in [0.2, 0.25) is 5.91 Å². The van der Waals surface area contributed by atoms with Crippen molar-refractivity contribution in [3.63, 3.8) is 0 Å². The van der Waals surface area contributed by atoms with E-state index >= 15 is 0 Å². The van der Waals surface area contributed by atoms with Crippen molar-refractivity contribution in [3.05, 3.63) is 33.5 Å². The van der Waals surface area contributed by atoms with Crippen molar-refractivity contribution < 1.29 is 27.5 Å². The van der Waals surface area contributed by atoms with Crippen LogP contribution in [0.15, 0.2) is 6.07 Å². The Morgan fingerprint density at radius 1 is 1.28 bits per heavy atom. The van der Waals surface area contributed by atoms with Gasteiger partial charge in [0.25, 0.3) is 0 Å². The molecule has 32 heavy (non-hydrogen) atoms. The molecule has 0 atom stereocenters. The molecule has 10 heteroatoms. The maximum Gasteiger partial charge on any atom is 0.435 e. The minimum absolute atomic E-state index is 0.0370. The van der Waals surface area contributed by atoms with Crippen LogP contribution in [0.25, 0.3) is 0 Å². The number of hydrogen-bond donors (Lipinski definition) is 1. The smallest absolute Gasteiger partial charge is 0.435 e. The number of nitrogens with zero attached hydrogens (tertiary/aromatic N) is 2. The lowest BCUT2D eigenvalue weighted by Gasteiger charge is -2.12. The van der Waals surface area contributed by atoms with E-state index in [9.17, 15) is 22.8 Å². The zero-order chi connectivity index (χ0) is 22.9. The summed E-state index contributed by atoms with van der Waals surface area (Å²) in [6.07, 6.45) is 1.47. The molecule has 0 saturated heterocycles. The Kier molecular flexibility index (Phi) is 6.60. The molecule has 174 valence electrons. The minimum Gasteiger partial charge on any atom is -0.462 e. The van der Waals surface area contributed by atoms with Crippen LogP contribution in [0.4, 0.5) is 18.2 Å². The molecule has 0 radical (unpaired) electrons. The molecule has 2 heterocycles. The highest BCUT2D eigenvalue weighted by Gasteiger charge is 2.38. The van der Waals surface area contributed by atoms with Crippen molar-refractivity contribution >= 4 is 28.2 Å². The van der Waals surface area contributed by atoms with Gasteiger partial charge in [0.15, 0.2) is 5.69 Å². The number of rotatable bonds is 8. The Morgan fingerprint density at radius 2 is 2.03 bits per heavy atom. The molecule has 6 nitrogen and oxygen atoms in total. The highest BCUT2D eigenvalue weighted by molar-refractivity contribution is 7.17. The van der Waals surface area contributed by atoms with Crippen LogP contribution in [0.1, 0.15) is 83.6 Å². The number of aromatic nitrogens is 2. The fourth-order valence-corrected chi connectivity index (χ4v) is 5.28. The Hall–Kier alpha value is -2.36. The van der Waals surface area contributed by atoms with Gasteiger partial charge < -0.3 is 10.1 Å². The van der Waals surface area contributed by atoms with E-state index in [1.165, 1.54) is 16.0 Å². The van der Waals surface area contributed by atoms with E-state index in [1.807, 2.05) is 6.92 Å². The van der Waals surface area contributed by atoms with Crippen LogP contribution in [0.3, 0.4) is 0 Å². The molecule has 0 spiro atoms. The Bertz CT molecular complexity index is 1010. The summed E-state index contributed by atoms with van der Waals surface area (Å²) in [5, 5.41) is 6.98. The fraction of sp³-hybridized carbons (Fsp3) is 0.591. The first-order chi connectivity index (χ1) is 15.3. The number of amides is 1. The first kappa shape index (κ1) is 22.8. The van der Waals surface area contributed by atoms with Gasteiger partial charge in [-0.25, -0.2) is 4.79 Å². The van der Waals surface area contributed by atoms with E-state index in [0.29, 0.717) is 29.3 Å². The van der Waals surface area contributed by atoms with E-state index in [1.54, 1.807) is 0 Å². The third-order valence-corrected chi connectivity index (χ3v) is 6.92. The zero-order valence-corrected chi connectivity index (χ0v) is 18.7. The SMILES string of the molecule is CCCOC(=O)c1c(NC(=O)CCn2nc(C(F)(F)F)cc2C2CC2)sc2c1CCCC2. The van der Waals surface area contributed by atoms with Crippen molar-refractivity contribution in [2.45, 2.75) is 76.9 Å². The van der Waals surface area contributed by atoms with Crippen LogP contribution in [0.2, 0.25) is 0 Å². The molecule has 1 fully saturated rings. The van der Waals surface area contributed by atoms with Gasteiger partial charge in [-0.15, -0.1) is 11.3 Å². The third kappa shape index (κ3) is 5.00.